The molecule has 2 N–H and O–H groups in total. The Morgan fingerprint density at radius 3 is 2.84 bits per heavy atom. The number of carboxylic acids is 1. The number of rotatable bonds is 4. The molecule has 0 aliphatic rings. The lowest BCUT2D eigenvalue weighted by Crippen LogP contribution is -1.99. The summed E-state index contributed by atoms with van der Waals surface area (Å²) in [4.78, 5) is 24.8. The highest BCUT2D eigenvalue weighted by atomic mass is 79.9. The van der Waals surface area contributed by atoms with Crippen molar-refractivity contribution in [2.24, 2.45) is 0 Å². The third-order valence-corrected chi connectivity index (χ3v) is 3.68. The zero-order valence-electron chi connectivity index (χ0n) is 9.16. The van der Waals surface area contributed by atoms with Crippen LogP contribution in [0.5, 0.6) is 0 Å². The van der Waals surface area contributed by atoms with E-state index in [1.165, 1.54) is 6.07 Å². The maximum absolute atomic E-state index is 11.0. The van der Waals surface area contributed by atoms with Gasteiger partial charge in [-0.25, -0.2) is 9.78 Å². The van der Waals surface area contributed by atoms with E-state index in [1.807, 2.05) is 0 Å². The molecule has 0 amide bonds. The molecule has 0 atom stereocenters. The molecule has 9 heteroatoms. The first-order chi connectivity index (χ1) is 8.97. The number of nitrogens with one attached hydrogen (secondary N) is 1. The van der Waals surface area contributed by atoms with E-state index in [-0.39, 0.29) is 10.6 Å². The molecule has 0 aliphatic heterocycles. The molecule has 98 valence electrons. The quantitative estimate of drug-likeness (QED) is 0.651. The van der Waals surface area contributed by atoms with Crippen LogP contribution in [0.3, 0.4) is 0 Å². The van der Waals surface area contributed by atoms with Crippen LogP contribution in [0.15, 0.2) is 28.9 Å². The summed E-state index contributed by atoms with van der Waals surface area (Å²) in [6.07, 6.45) is 1.14. The number of thiazole rings is 1. The third kappa shape index (κ3) is 3.06. The SMILES string of the molecule is O=C(O)c1cc(Nc2ncc([N+](=O)[O-])s2)ccc1Br. The molecule has 0 unspecified atom stereocenters. The van der Waals surface area contributed by atoms with Crippen LogP contribution < -0.4 is 5.32 Å². The van der Waals surface area contributed by atoms with Crippen molar-refractivity contribution in [3.63, 3.8) is 0 Å². The van der Waals surface area contributed by atoms with Gasteiger partial charge in [-0.05, 0) is 45.5 Å². The van der Waals surface area contributed by atoms with E-state index in [4.69, 9.17) is 5.11 Å². The number of nitrogens with zero attached hydrogens (tertiary/aromatic N) is 2. The molecule has 2 aromatic rings. The molecule has 0 radical (unpaired) electrons. The number of hydrogen-bond acceptors (Lipinski definition) is 6. The molecule has 7 nitrogen and oxygen atoms in total. The van der Waals surface area contributed by atoms with E-state index >= 15 is 0 Å². The van der Waals surface area contributed by atoms with Crippen molar-refractivity contribution in [1.29, 1.82) is 0 Å². The lowest BCUT2D eigenvalue weighted by molar-refractivity contribution is -0.380. The van der Waals surface area contributed by atoms with Crippen LogP contribution >= 0.6 is 27.3 Å². The van der Waals surface area contributed by atoms with Gasteiger partial charge in [0.1, 0.15) is 6.20 Å². The van der Waals surface area contributed by atoms with Crippen LogP contribution in [0.4, 0.5) is 15.8 Å². The molecule has 0 saturated carbocycles. The smallest absolute Gasteiger partial charge is 0.345 e. The summed E-state index contributed by atoms with van der Waals surface area (Å²) in [5.41, 5.74) is 0.584. The highest BCUT2D eigenvalue weighted by Crippen LogP contribution is 2.29. The van der Waals surface area contributed by atoms with Gasteiger partial charge < -0.3 is 10.4 Å². The Morgan fingerprint density at radius 1 is 1.53 bits per heavy atom. The van der Waals surface area contributed by atoms with E-state index in [2.05, 4.69) is 26.2 Å². The van der Waals surface area contributed by atoms with Gasteiger partial charge in [0.2, 0.25) is 0 Å². The van der Waals surface area contributed by atoms with Crippen molar-refractivity contribution in [2.45, 2.75) is 0 Å². The number of hydrogen-bond donors (Lipinski definition) is 2. The molecular formula is C10H6BrN3O4S. The first kappa shape index (κ1) is 13.4. The zero-order valence-corrected chi connectivity index (χ0v) is 11.6. The summed E-state index contributed by atoms with van der Waals surface area (Å²) in [5, 5.41) is 22.6. The molecule has 0 fully saturated rings. The van der Waals surface area contributed by atoms with Crippen molar-refractivity contribution in [3.8, 4) is 0 Å². The number of benzene rings is 1. The monoisotopic (exact) mass is 343 g/mol. The van der Waals surface area contributed by atoms with Crippen molar-refractivity contribution in [1.82, 2.24) is 4.98 Å². The van der Waals surface area contributed by atoms with Gasteiger partial charge in [0.05, 0.1) is 10.5 Å². The van der Waals surface area contributed by atoms with Gasteiger partial charge in [-0.3, -0.25) is 10.1 Å². The second-order valence-electron chi connectivity index (χ2n) is 3.39. The Morgan fingerprint density at radius 2 is 2.26 bits per heavy atom. The summed E-state index contributed by atoms with van der Waals surface area (Å²) in [7, 11) is 0. The van der Waals surface area contributed by atoms with Gasteiger partial charge in [0, 0.05) is 10.2 Å². The number of carboxylic acid groups (broad SMARTS) is 1. The van der Waals surface area contributed by atoms with Crippen molar-refractivity contribution in [2.75, 3.05) is 5.32 Å². The fourth-order valence-electron chi connectivity index (χ4n) is 1.30. The van der Waals surface area contributed by atoms with E-state index in [1.54, 1.807) is 12.1 Å². The maximum Gasteiger partial charge on any atom is 0.345 e. The van der Waals surface area contributed by atoms with Gasteiger partial charge >= 0.3 is 11.0 Å². The summed E-state index contributed by atoms with van der Waals surface area (Å²) in [6, 6.07) is 4.64. The summed E-state index contributed by atoms with van der Waals surface area (Å²) in [6.45, 7) is 0. The number of aromatic carboxylic acids is 1. The number of carbonyl (C=O) groups is 1. The first-order valence-corrected chi connectivity index (χ1v) is 6.48. The fourth-order valence-corrected chi connectivity index (χ4v) is 2.37. The van der Waals surface area contributed by atoms with E-state index in [9.17, 15) is 14.9 Å². The van der Waals surface area contributed by atoms with Crippen molar-refractivity contribution < 1.29 is 14.8 Å². The van der Waals surface area contributed by atoms with Gasteiger partial charge in [-0.2, -0.15) is 0 Å². The predicted molar refractivity (Wildman–Crippen MR) is 73.2 cm³/mol. The summed E-state index contributed by atoms with van der Waals surface area (Å²) >= 11 is 4.00. The number of nitro groups is 1. The average Bonchev–Trinajstić information content (AvgIpc) is 2.80. The molecular weight excluding hydrogens is 338 g/mol. The minimum Gasteiger partial charge on any atom is -0.478 e. The summed E-state index contributed by atoms with van der Waals surface area (Å²) in [5.74, 6) is -1.07. The standard InChI is InChI=1S/C10H6BrN3O4S/c11-7-2-1-5(3-6(7)9(15)16)13-10-12-4-8(19-10)14(17)18/h1-4H,(H,12,13)(H,15,16). The van der Waals surface area contributed by atoms with Crippen LogP contribution in [-0.4, -0.2) is 21.0 Å². The molecule has 0 aliphatic carbocycles. The Bertz CT molecular complexity index is 658. The highest BCUT2D eigenvalue weighted by Gasteiger charge is 2.13. The molecule has 0 bridgehead atoms. The van der Waals surface area contributed by atoms with E-state index < -0.39 is 10.9 Å². The molecule has 0 saturated heterocycles. The molecule has 19 heavy (non-hydrogen) atoms. The number of anilines is 2. The minimum atomic E-state index is -1.07. The average molecular weight is 344 g/mol. The van der Waals surface area contributed by atoms with Crippen LogP contribution in [-0.2, 0) is 0 Å². The van der Waals surface area contributed by atoms with Crippen molar-refractivity contribution in [3.05, 3.63) is 44.5 Å². The minimum absolute atomic E-state index is 0.0851. The molecule has 1 aromatic carbocycles. The Hall–Kier alpha value is -2.00. The number of aromatic nitrogens is 1. The van der Waals surface area contributed by atoms with Crippen LogP contribution in [0.2, 0.25) is 0 Å². The van der Waals surface area contributed by atoms with E-state index in [0.717, 1.165) is 17.5 Å². The van der Waals surface area contributed by atoms with Crippen LogP contribution in [0, 0.1) is 10.1 Å². The molecule has 1 heterocycles. The second-order valence-corrected chi connectivity index (χ2v) is 5.25. The lowest BCUT2D eigenvalue weighted by atomic mass is 10.2. The Kier molecular flexibility index (Phi) is 3.76. The van der Waals surface area contributed by atoms with Gasteiger partial charge in [0.15, 0.2) is 5.13 Å². The Labute approximate surface area is 119 Å². The van der Waals surface area contributed by atoms with Crippen molar-refractivity contribution >= 4 is 49.1 Å². The first-order valence-electron chi connectivity index (χ1n) is 4.87. The normalized spacial score (nSPS) is 10.2. The van der Waals surface area contributed by atoms with E-state index in [0.29, 0.717) is 15.3 Å². The lowest BCUT2D eigenvalue weighted by Gasteiger charge is -2.05. The zero-order chi connectivity index (χ0) is 14.0. The second kappa shape index (κ2) is 5.33. The molecule has 0 spiro atoms. The van der Waals surface area contributed by atoms with Gasteiger partial charge in [0.25, 0.3) is 0 Å². The highest BCUT2D eigenvalue weighted by molar-refractivity contribution is 9.10. The largest absolute Gasteiger partial charge is 0.478 e. The van der Waals surface area contributed by atoms with Crippen LogP contribution in [0.1, 0.15) is 10.4 Å². The molecule has 1 aromatic heterocycles. The van der Waals surface area contributed by atoms with Gasteiger partial charge in [-0.15, -0.1) is 0 Å². The number of halogens is 1. The molecule has 2 rings (SSSR count). The summed E-state index contributed by atoms with van der Waals surface area (Å²) < 4.78 is 0.454. The maximum atomic E-state index is 11.0. The van der Waals surface area contributed by atoms with Gasteiger partial charge in [-0.1, -0.05) is 0 Å². The predicted octanol–water partition coefficient (Wildman–Crippen LogP) is 3.26. The third-order valence-electron chi connectivity index (χ3n) is 2.12. The Balaban J connectivity index is 2.25. The van der Waals surface area contributed by atoms with Crippen LogP contribution in [0.25, 0.3) is 0 Å². The topological polar surface area (TPSA) is 105 Å². The fraction of sp³-hybridized carbons (Fsp3) is 0.